The summed E-state index contributed by atoms with van der Waals surface area (Å²) in [7, 11) is 0. The number of ketones is 1. The summed E-state index contributed by atoms with van der Waals surface area (Å²) in [5, 5.41) is 3.42. The summed E-state index contributed by atoms with van der Waals surface area (Å²) >= 11 is 0. The van der Waals surface area contributed by atoms with Gasteiger partial charge in [0.05, 0.1) is 6.54 Å². The molecule has 1 aliphatic carbocycles. The summed E-state index contributed by atoms with van der Waals surface area (Å²) in [5.41, 5.74) is 2.23. The fourth-order valence-corrected chi connectivity index (χ4v) is 2.80. The summed E-state index contributed by atoms with van der Waals surface area (Å²) in [6.45, 7) is 7.04. The molecule has 0 aromatic heterocycles. The zero-order chi connectivity index (χ0) is 14.6. The quantitative estimate of drug-likeness (QED) is 0.837. The summed E-state index contributed by atoms with van der Waals surface area (Å²) < 4.78 is 0. The molecule has 0 spiro atoms. The van der Waals surface area contributed by atoms with Crippen LogP contribution in [0.1, 0.15) is 68.8 Å². The molecule has 1 aliphatic rings. The Hall–Kier alpha value is -1.15. The van der Waals surface area contributed by atoms with Crippen molar-refractivity contribution in [3.05, 3.63) is 35.4 Å². The number of hydrogen-bond donors (Lipinski definition) is 1. The highest BCUT2D eigenvalue weighted by Gasteiger charge is 2.16. The van der Waals surface area contributed by atoms with Crippen molar-refractivity contribution < 1.29 is 4.79 Å². The SMILES string of the molecule is CC(C)(C)c1ccc(C(=O)CNC2CCCCC2)cc1. The zero-order valence-electron chi connectivity index (χ0n) is 13.0. The van der Waals surface area contributed by atoms with Crippen molar-refractivity contribution in [2.45, 2.75) is 64.3 Å². The van der Waals surface area contributed by atoms with Crippen LogP contribution in [0.25, 0.3) is 0 Å². The molecule has 0 heterocycles. The van der Waals surface area contributed by atoms with Crippen LogP contribution in [0.15, 0.2) is 24.3 Å². The monoisotopic (exact) mass is 273 g/mol. The maximum Gasteiger partial charge on any atom is 0.176 e. The lowest BCUT2D eigenvalue weighted by atomic mass is 9.86. The predicted octanol–water partition coefficient (Wildman–Crippen LogP) is 4.09. The van der Waals surface area contributed by atoms with Crippen LogP contribution in [-0.4, -0.2) is 18.4 Å². The van der Waals surface area contributed by atoms with Gasteiger partial charge in [-0.3, -0.25) is 4.79 Å². The van der Waals surface area contributed by atoms with E-state index in [1.807, 2.05) is 12.1 Å². The fraction of sp³-hybridized carbons (Fsp3) is 0.611. The van der Waals surface area contributed by atoms with Gasteiger partial charge in [-0.1, -0.05) is 64.3 Å². The lowest BCUT2D eigenvalue weighted by molar-refractivity contribution is 0.0984. The van der Waals surface area contributed by atoms with E-state index in [9.17, 15) is 4.79 Å². The Bertz CT molecular complexity index is 435. The molecule has 20 heavy (non-hydrogen) atoms. The fourth-order valence-electron chi connectivity index (χ4n) is 2.80. The van der Waals surface area contributed by atoms with Gasteiger partial charge in [0, 0.05) is 11.6 Å². The first-order chi connectivity index (χ1) is 9.47. The Morgan fingerprint density at radius 2 is 1.70 bits per heavy atom. The number of benzene rings is 1. The Morgan fingerprint density at radius 3 is 2.25 bits per heavy atom. The van der Waals surface area contributed by atoms with Gasteiger partial charge in [0.1, 0.15) is 0 Å². The molecule has 1 fully saturated rings. The number of hydrogen-bond acceptors (Lipinski definition) is 2. The molecule has 0 bridgehead atoms. The average molecular weight is 273 g/mol. The molecule has 1 saturated carbocycles. The van der Waals surface area contributed by atoms with E-state index >= 15 is 0 Å². The van der Waals surface area contributed by atoms with Crippen LogP contribution >= 0.6 is 0 Å². The Labute approximate surface area is 123 Å². The molecule has 1 N–H and O–H groups in total. The highest BCUT2D eigenvalue weighted by molar-refractivity contribution is 5.97. The molecule has 0 atom stereocenters. The number of carbonyl (C=O) groups is 1. The van der Waals surface area contributed by atoms with Gasteiger partial charge in [0.2, 0.25) is 0 Å². The van der Waals surface area contributed by atoms with Crippen LogP contribution in [-0.2, 0) is 5.41 Å². The smallest absolute Gasteiger partial charge is 0.176 e. The van der Waals surface area contributed by atoms with Gasteiger partial charge in [-0.05, 0) is 23.8 Å². The second-order valence-corrected chi connectivity index (χ2v) is 6.97. The third kappa shape index (κ3) is 4.17. The van der Waals surface area contributed by atoms with Crippen LogP contribution in [0.3, 0.4) is 0 Å². The average Bonchev–Trinajstić information content (AvgIpc) is 2.45. The largest absolute Gasteiger partial charge is 0.307 e. The maximum atomic E-state index is 12.2. The third-order valence-corrected chi connectivity index (χ3v) is 4.23. The van der Waals surface area contributed by atoms with Gasteiger partial charge >= 0.3 is 0 Å². The minimum absolute atomic E-state index is 0.141. The summed E-state index contributed by atoms with van der Waals surface area (Å²) in [6.07, 6.45) is 6.38. The number of carbonyl (C=O) groups excluding carboxylic acids is 1. The van der Waals surface area contributed by atoms with Crippen LogP contribution in [0, 0.1) is 0 Å². The van der Waals surface area contributed by atoms with Gasteiger partial charge in [0.25, 0.3) is 0 Å². The molecule has 2 heteroatoms. The minimum atomic E-state index is 0.141. The third-order valence-electron chi connectivity index (χ3n) is 4.23. The van der Waals surface area contributed by atoms with Crippen molar-refractivity contribution in [2.75, 3.05) is 6.54 Å². The first-order valence-corrected chi connectivity index (χ1v) is 7.84. The molecule has 2 nitrogen and oxygen atoms in total. The molecule has 0 radical (unpaired) electrons. The minimum Gasteiger partial charge on any atom is -0.307 e. The molecule has 0 amide bonds. The van der Waals surface area contributed by atoms with Crippen molar-refractivity contribution in [1.29, 1.82) is 0 Å². The molecular weight excluding hydrogens is 246 g/mol. The first-order valence-electron chi connectivity index (χ1n) is 7.84. The van der Waals surface area contributed by atoms with E-state index in [-0.39, 0.29) is 11.2 Å². The highest BCUT2D eigenvalue weighted by atomic mass is 16.1. The van der Waals surface area contributed by atoms with E-state index in [0.717, 1.165) is 5.56 Å². The lowest BCUT2D eigenvalue weighted by Crippen LogP contribution is -2.35. The van der Waals surface area contributed by atoms with Gasteiger partial charge < -0.3 is 5.32 Å². The van der Waals surface area contributed by atoms with Crippen LogP contribution in [0.2, 0.25) is 0 Å². The molecule has 0 unspecified atom stereocenters. The second-order valence-electron chi connectivity index (χ2n) is 6.97. The van der Waals surface area contributed by atoms with Crippen molar-refractivity contribution in [3.8, 4) is 0 Å². The Morgan fingerprint density at radius 1 is 1.10 bits per heavy atom. The van der Waals surface area contributed by atoms with Crippen LogP contribution in [0.4, 0.5) is 0 Å². The Kier molecular flexibility index (Phi) is 4.98. The van der Waals surface area contributed by atoms with Gasteiger partial charge in [-0.15, -0.1) is 0 Å². The van der Waals surface area contributed by atoms with Gasteiger partial charge in [0.15, 0.2) is 5.78 Å². The molecule has 1 aromatic carbocycles. The topological polar surface area (TPSA) is 29.1 Å². The van der Waals surface area contributed by atoms with E-state index in [2.05, 4.69) is 38.2 Å². The van der Waals surface area contributed by atoms with Crippen molar-refractivity contribution in [3.63, 3.8) is 0 Å². The van der Waals surface area contributed by atoms with Crippen molar-refractivity contribution in [1.82, 2.24) is 5.32 Å². The summed E-state index contributed by atoms with van der Waals surface area (Å²) in [6, 6.07) is 8.63. The predicted molar refractivity (Wildman–Crippen MR) is 84.3 cm³/mol. The van der Waals surface area contributed by atoms with Gasteiger partial charge in [-0.2, -0.15) is 0 Å². The molecule has 0 saturated heterocycles. The van der Waals surface area contributed by atoms with Gasteiger partial charge in [-0.25, -0.2) is 0 Å². The highest BCUT2D eigenvalue weighted by Crippen LogP contribution is 2.22. The summed E-state index contributed by atoms with van der Waals surface area (Å²) in [5.74, 6) is 0.205. The second kappa shape index (κ2) is 6.53. The van der Waals surface area contributed by atoms with E-state index in [4.69, 9.17) is 0 Å². The molecule has 0 aliphatic heterocycles. The van der Waals surface area contributed by atoms with Crippen molar-refractivity contribution >= 4 is 5.78 Å². The molecule has 2 rings (SSSR count). The van der Waals surface area contributed by atoms with Crippen molar-refractivity contribution in [2.24, 2.45) is 0 Å². The zero-order valence-corrected chi connectivity index (χ0v) is 13.0. The molecule has 110 valence electrons. The number of nitrogens with one attached hydrogen (secondary N) is 1. The van der Waals surface area contributed by atoms with E-state index in [1.54, 1.807) is 0 Å². The lowest BCUT2D eigenvalue weighted by Gasteiger charge is -2.22. The standard InChI is InChI=1S/C18H27NO/c1-18(2,3)15-11-9-14(10-12-15)17(20)13-19-16-7-5-4-6-8-16/h9-12,16,19H,4-8,13H2,1-3H3. The van der Waals surface area contributed by atoms with Crippen LogP contribution in [0.5, 0.6) is 0 Å². The van der Waals surface area contributed by atoms with Crippen LogP contribution < -0.4 is 5.32 Å². The normalized spacial score (nSPS) is 17.1. The number of rotatable bonds is 4. The van der Waals surface area contributed by atoms with E-state index in [0.29, 0.717) is 12.6 Å². The molecular formula is C18H27NO. The molecule has 1 aromatic rings. The first kappa shape index (κ1) is 15.2. The van der Waals surface area contributed by atoms with E-state index < -0.39 is 0 Å². The Balaban J connectivity index is 1.89. The number of Topliss-reactive ketones (excluding diaryl/α,β-unsaturated/α-hetero) is 1. The summed E-state index contributed by atoms with van der Waals surface area (Å²) in [4.78, 5) is 12.2. The van der Waals surface area contributed by atoms with E-state index in [1.165, 1.54) is 37.7 Å². The maximum absolute atomic E-state index is 12.2.